The van der Waals surface area contributed by atoms with E-state index in [0.717, 1.165) is 47.7 Å². The predicted molar refractivity (Wildman–Crippen MR) is 118 cm³/mol. The Bertz CT molecular complexity index is 1000. The third-order valence-electron chi connectivity index (χ3n) is 5.36. The third-order valence-corrected chi connectivity index (χ3v) is 5.36. The molecule has 1 atom stereocenters. The molecule has 1 aliphatic rings. The monoisotopic (exact) mass is 405 g/mol. The molecule has 0 spiro atoms. The fourth-order valence-electron chi connectivity index (χ4n) is 3.57. The molecule has 1 saturated heterocycles. The normalized spacial score (nSPS) is 16.4. The van der Waals surface area contributed by atoms with Crippen LogP contribution in [0.15, 0.2) is 42.7 Å². The Labute approximate surface area is 176 Å². The summed E-state index contributed by atoms with van der Waals surface area (Å²) in [5.41, 5.74) is 3.37. The van der Waals surface area contributed by atoms with Gasteiger partial charge in [0.2, 0.25) is 0 Å². The number of piperidine rings is 1. The van der Waals surface area contributed by atoms with Gasteiger partial charge in [0.25, 0.3) is 0 Å². The Kier molecular flexibility index (Phi) is 6.49. The molecule has 1 fully saturated rings. The highest BCUT2D eigenvalue weighted by Crippen LogP contribution is 2.27. The molecule has 3 aromatic rings. The van der Waals surface area contributed by atoms with Crippen molar-refractivity contribution in [2.75, 3.05) is 31.6 Å². The highest BCUT2D eigenvalue weighted by molar-refractivity contribution is 5.88. The number of benzene rings is 1. The lowest BCUT2D eigenvalue weighted by Crippen LogP contribution is -2.33. The number of carbonyl (C=O) groups excluding carboxylic acids is 1. The summed E-state index contributed by atoms with van der Waals surface area (Å²) in [7, 11) is 0. The molecule has 3 heterocycles. The van der Waals surface area contributed by atoms with Crippen LogP contribution in [0.5, 0.6) is 5.75 Å². The van der Waals surface area contributed by atoms with Crippen LogP contribution in [-0.4, -0.2) is 47.0 Å². The van der Waals surface area contributed by atoms with Gasteiger partial charge in [-0.15, -0.1) is 0 Å². The summed E-state index contributed by atoms with van der Waals surface area (Å²) >= 11 is 0. The van der Waals surface area contributed by atoms with Crippen molar-refractivity contribution in [1.29, 1.82) is 0 Å². The molecule has 1 aromatic carbocycles. The lowest BCUT2D eigenvalue weighted by Gasteiger charge is -2.23. The van der Waals surface area contributed by atoms with Crippen LogP contribution in [0, 0.1) is 5.92 Å². The van der Waals surface area contributed by atoms with Gasteiger partial charge in [0.05, 0.1) is 11.2 Å². The smallest absolute Gasteiger partial charge is 0.169 e. The topological polar surface area (TPSA) is 89.0 Å². The largest absolute Gasteiger partial charge is 0.486 e. The van der Waals surface area contributed by atoms with Gasteiger partial charge in [-0.1, -0.05) is 6.92 Å². The second-order valence-electron chi connectivity index (χ2n) is 7.58. The molecule has 4 rings (SSSR count). The van der Waals surface area contributed by atoms with Crippen molar-refractivity contribution in [2.24, 2.45) is 5.92 Å². The molecule has 0 radical (unpaired) electrons. The SMILES string of the molecule is CCC(=O)COc1ccc(-c2cc3nccnc3c(NCC3CCCNC3)n2)cc1. The van der Waals surface area contributed by atoms with E-state index in [0.29, 0.717) is 18.1 Å². The highest BCUT2D eigenvalue weighted by Gasteiger charge is 2.15. The van der Waals surface area contributed by atoms with Crippen molar-refractivity contribution in [3.63, 3.8) is 0 Å². The van der Waals surface area contributed by atoms with Crippen LogP contribution < -0.4 is 15.4 Å². The van der Waals surface area contributed by atoms with Gasteiger partial charge in [0.15, 0.2) is 11.6 Å². The Morgan fingerprint density at radius 1 is 1.23 bits per heavy atom. The zero-order valence-electron chi connectivity index (χ0n) is 17.2. The molecule has 2 N–H and O–H groups in total. The number of nitrogens with one attached hydrogen (secondary N) is 2. The maximum absolute atomic E-state index is 11.5. The van der Waals surface area contributed by atoms with E-state index in [1.165, 1.54) is 12.8 Å². The third kappa shape index (κ3) is 4.91. The molecular weight excluding hydrogens is 378 g/mol. The van der Waals surface area contributed by atoms with Crippen molar-refractivity contribution >= 4 is 22.6 Å². The zero-order valence-corrected chi connectivity index (χ0v) is 17.2. The number of pyridine rings is 1. The highest BCUT2D eigenvalue weighted by atomic mass is 16.5. The van der Waals surface area contributed by atoms with Crippen LogP contribution in [0.4, 0.5) is 5.82 Å². The van der Waals surface area contributed by atoms with Crippen molar-refractivity contribution < 1.29 is 9.53 Å². The first-order valence-corrected chi connectivity index (χ1v) is 10.5. The van der Waals surface area contributed by atoms with E-state index >= 15 is 0 Å². The lowest BCUT2D eigenvalue weighted by atomic mass is 10.00. The number of ketones is 1. The standard InChI is InChI=1S/C23H27N5O2/c1-2-18(29)15-30-19-7-5-17(6-8-19)20-12-21-22(26-11-10-25-21)23(28-20)27-14-16-4-3-9-24-13-16/h5-8,10-12,16,24H,2-4,9,13-15H2,1H3,(H,27,28). The summed E-state index contributed by atoms with van der Waals surface area (Å²) < 4.78 is 5.54. The molecule has 0 amide bonds. The van der Waals surface area contributed by atoms with E-state index in [4.69, 9.17) is 9.72 Å². The number of anilines is 1. The number of ether oxygens (including phenoxy) is 1. The quantitative estimate of drug-likeness (QED) is 0.593. The van der Waals surface area contributed by atoms with E-state index in [1.54, 1.807) is 12.4 Å². The summed E-state index contributed by atoms with van der Waals surface area (Å²) in [6.45, 7) is 4.92. The van der Waals surface area contributed by atoms with Gasteiger partial charge >= 0.3 is 0 Å². The first kappa shape index (κ1) is 20.2. The number of nitrogens with zero attached hydrogens (tertiary/aromatic N) is 3. The minimum atomic E-state index is 0.0812. The predicted octanol–water partition coefficient (Wildman–Crippen LogP) is 3.46. The number of hydrogen-bond donors (Lipinski definition) is 2. The van der Waals surface area contributed by atoms with E-state index in [-0.39, 0.29) is 12.4 Å². The van der Waals surface area contributed by atoms with E-state index in [9.17, 15) is 4.79 Å². The second-order valence-corrected chi connectivity index (χ2v) is 7.58. The molecule has 0 saturated carbocycles. The first-order chi connectivity index (χ1) is 14.7. The van der Waals surface area contributed by atoms with Gasteiger partial charge in [0, 0.05) is 30.9 Å². The summed E-state index contributed by atoms with van der Waals surface area (Å²) in [6.07, 6.45) is 6.29. The molecule has 7 nitrogen and oxygen atoms in total. The number of aromatic nitrogens is 3. The molecule has 0 bridgehead atoms. The van der Waals surface area contributed by atoms with Crippen molar-refractivity contribution in [3.05, 3.63) is 42.7 Å². The zero-order chi connectivity index (χ0) is 20.8. The minimum absolute atomic E-state index is 0.0812. The van der Waals surface area contributed by atoms with E-state index < -0.39 is 0 Å². The minimum Gasteiger partial charge on any atom is -0.486 e. The second kappa shape index (κ2) is 9.63. The average Bonchev–Trinajstić information content (AvgIpc) is 2.81. The number of Topliss-reactive ketones (excluding diaryl/α,β-unsaturated/α-hetero) is 1. The number of carbonyl (C=O) groups is 1. The molecule has 1 unspecified atom stereocenters. The Morgan fingerprint density at radius 3 is 2.83 bits per heavy atom. The summed E-state index contributed by atoms with van der Waals surface area (Å²) in [5, 5.41) is 6.95. The fourth-order valence-corrected chi connectivity index (χ4v) is 3.57. The van der Waals surface area contributed by atoms with Crippen LogP contribution >= 0.6 is 0 Å². The summed E-state index contributed by atoms with van der Waals surface area (Å²) in [5.74, 6) is 2.09. The summed E-state index contributed by atoms with van der Waals surface area (Å²) in [4.78, 5) is 25.3. The van der Waals surface area contributed by atoms with Gasteiger partial charge < -0.3 is 15.4 Å². The maximum atomic E-state index is 11.5. The van der Waals surface area contributed by atoms with Crippen molar-refractivity contribution in [1.82, 2.24) is 20.3 Å². The first-order valence-electron chi connectivity index (χ1n) is 10.5. The van der Waals surface area contributed by atoms with Crippen LogP contribution in [0.2, 0.25) is 0 Å². The molecule has 2 aromatic heterocycles. The van der Waals surface area contributed by atoms with Gasteiger partial charge in [-0.3, -0.25) is 9.78 Å². The van der Waals surface area contributed by atoms with Crippen LogP contribution in [0.1, 0.15) is 26.2 Å². The Hall–Kier alpha value is -3.06. The average molecular weight is 406 g/mol. The van der Waals surface area contributed by atoms with Crippen LogP contribution in [-0.2, 0) is 4.79 Å². The molecule has 7 heteroatoms. The van der Waals surface area contributed by atoms with Gasteiger partial charge in [-0.25, -0.2) is 9.97 Å². The molecule has 1 aliphatic heterocycles. The number of rotatable bonds is 8. The van der Waals surface area contributed by atoms with Gasteiger partial charge in [-0.05, 0) is 62.2 Å². The fraction of sp³-hybridized carbons (Fsp3) is 0.391. The lowest BCUT2D eigenvalue weighted by molar-refractivity contribution is -0.120. The number of fused-ring (bicyclic) bond motifs is 1. The molecule has 30 heavy (non-hydrogen) atoms. The van der Waals surface area contributed by atoms with E-state index in [2.05, 4.69) is 20.6 Å². The van der Waals surface area contributed by atoms with Crippen LogP contribution in [0.3, 0.4) is 0 Å². The van der Waals surface area contributed by atoms with Gasteiger partial charge in [0.1, 0.15) is 17.9 Å². The van der Waals surface area contributed by atoms with Gasteiger partial charge in [-0.2, -0.15) is 0 Å². The molecule has 0 aliphatic carbocycles. The Balaban J connectivity index is 1.55. The van der Waals surface area contributed by atoms with E-state index in [1.807, 2.05) is 37.3 Å². The summed E-state index contributed by atoms with van der Waals surface area (Å²) in [6, 6.07) is 9.58. The van der Waals surface area contributed by atoms with Crippen molar-refractivity contribution in [2.45, 2.75) is 26.2 Å². The molecular formula is C23H27N5O2. The molecule has 156 valence electrons. The van der Waals surface area contributed by atoms with Crippen molar-refractivity contribution in [3.8, 4) is 17.0 Å². The Morgan fingerprint density at radius 2 is 2.07 bits per heavy atom. The number of hydrogen-bond acceptors (Lipinski definition) is 7. The van der Waals surface area contributed by atoms with Crippen LogP contribution in [0.25, 0.3) is 22.3 Å². The maximum Gasteiger partial charge on any atom is 0.169 e.